The molecule has 0 heterocycles. The van der Waals surface area contributed by atoms with Crippen LogP contribution in [0.2, 0.25) is 0 Å². The van der Waals surface area contributed by atoms with Crippen molar-refractivity contribution in [2.24, 2.45) is 0 Å². The molecule has 0 aromatic rings. The molecule has 1 amide bonds. The van der Waals surface area contributed by atoms with Crippen molar-refractivity contribution in [3.05, 3.63) is 0 Å². The number of rotatable bonds is 4. The van der Waals surface area contributed by atoms with E-state index in [1.165, 1.54) is 6.92 Å². The van der Waals surface area contributed by atoms with Gasteiger partial charge in [0, 0.05) is 12.8 Å². The van der Waals surface area contributed by atoms with E-state index in [1.807, 2.05) is 0 Å². The van der Waals surface area contributed by atoms with Crippen molar-refractivity contribution < 1.29 is 9.59 Å². The van der Waals surface area contributed by atoms with Crippen LogP contribution < -0.4 is 5.32 Å². The van der Waals surface area contributed by atoms with Gasteiger partial charge >= 0.3 is 0 Å². The lowest BCUT2D eigenvalue weighted by atomic mass is 10.2. The number of terminal acetylenes is 1. The molecule has 0 aliphatic heterocycles. The summed E-state index contributed by atoms with van der Waals surface area (Å²) in [5, 5.41) is 2.56. The Balaban J connectivity index is 3.62. The van der Waals surface area contributed by atoms with Crippen molar-refractivity contribution in [3.63, 3.8) is 0 Å². The highest BCUT2D eigenvalue weighted by molar-refractivity contribution is 5.83. The second-order valence-corrected chi connectivity index (χ2v) is 2.66. The van der Waals surface area contributed by atoms with Gasteiger partial charge in [-0.05, 0) is 13.8 Å². The van der Waals surface area contributed by atoms with Gasteiger partial charge in [-0.15, -0.1) is 6.42 Å². The Kier molecular flexibility index (Phi) is 4.78. The largest absolute Gasteiger partial charge is 0.343 e. The normalized spacial score (nSPS) is 11.4. The third kappa shape index (κ3) is 5.48. The Bertz CT molecular complexity index is 215. The molecular formula is C9H13NO2. The third-order valence-electron chi connectivity index (χ3n) is 1.33. The maximum absolute atomic E-state index is 11.0. The molecule has 1 atom stereocenters. The molecule has 0 aliphatic carbocycles. The Morgan fingerprint density at radius 3 is 2.50 bits per heavy atom. The van der Waals surface area contributed by atoms with Crippen molar-refractivity contribution in [3.8, 4) is 12.3 Å². The lowest BCUT2D eigenvalue weighted by molar-refractivity contribution is -0.124. The Morgan fingerprint density at radius 1 is 1.50 bits per heavy atom. The molecule has 3 nitrogen and oxygen atoms in total. The molecule has 0 spiro atoms. The van der Waals surface area contributed by atoms with E-state index in [0.717, 1.165) is 0 Å². The standard InChI is InChI=1S/C9H13NO2/c1-4-7(2)10-9(12)6-5-8(3)11/h1,7H,5-6H2,2-3H3,(H,10,12). The predicted molar refractivity (Wildman–Crippen MR) is 46.4 cm³/mol. The topological polar surface area (TPSA) is 46.2 Å². The summed E-state index contributed by atoms with van der Waals surface area (Å²) in [6.07, 6.45) is 5.55. The molecule has 0 aliphatic rings. The summed E-state index contributed by atoms with van der Waals surface area (Å²) >= 11 is 0. The molecule has 0 saturated carbocycles. The Labute approximate surface area is 72.5 Å². The van der Waals surface area contributed by atoms with Crippen LogP contribution in [-0.4, -0.2) is 17.7 Å². The van der Waals surface area contributed by atoms with Crippen LogP contribution in [0.5, 0.6) is 0 Å². The molecule has 0 radical (unpaired) electrons. The zero-order chi connectivity index (χ0) is 9.56. The van der Waals surface area contributed by atoms with Crippen LogP contribution in [0.1, 0.15) is 26.7 Å². The molecule has 0 rings (SSSR count). The van der Waals surface area contributed by atoms with Gasteiger partial charge in [-0.2, -0.15) is 0 Å². The summed E-state index contributed by atoms with van der Waals surface area (Å²) in [6, 6.07) is -0.260. The van der Waals surface area contributed by atoms with Crippen LogP contribution in [-0.2, 0) is 9.59 Å². The average Bonchev–Trinajstić information content (AvgIpc) is 2.00. The zero-order valence-electron chi connectivity index (χ0n) is 7.39. The molecule has 0 aromatic heterocycles. The summed E-state index contributed by atoms with van der Waals surface area (Å²) in [7, 11) is 0. The predicted octanol–water partition coefficient (Wildman–Crippen LogP) is 0.493. The van der Waals surface area contributed by atoms with Crippen molar-refractivity contribution in [2.75, 3.05) is 0 Å². The zero-order valence-corrected chi connectivity index (χ0v) is 7.39. The van der Waals surface area contributed by atoms with E-state index in [4.69, 9.17) is 6.42 Å². The number of ketones is 1. The van der Waals surface area contributed by atoms with Crippen LogP contribution in [0.15, 0.2) is 0 Å². The lowest BCUT2D eigenvalue weighted by Gasteiger charge is -2.05. The van der Waals surface area contributed by atoms with Crippen LogP contribution in [0.25, 0.3) is 0 Å². The number of amides is 1. The van der Waals surface area contributed by atoms with Crippen molar-refractivity contribution in [2.45, 2.75) is 32.7 Å². The van der Waals surface area contributed by atoms with E-state index in [-0.39, 0.29) is 30.6 Å². The Hall–Kier alpha value is -1.30. The smallest absolute Gasteiger partial charge is 0.221 e. The first-order chi connectivity index (χ1) is 5.56. The Morgan fingerprint density at radius 2 is 2.08 bits per heavy atom. The molecular weight excluding hydrogens is 154 g/mol. The molecule has 0 bridgehead atoms. The number of Topliss-reactive ketones (excluding diaryl/α,β-unsaturated/α-hetero) is 1. The van der Waals surface area contributed by atoms with Gasteiger partial charge in [0.25, 0.3) is 0 Å². The molecule has 12 heavy (non-hydrogen) atoms. The summed E-state index contributed by atoms with van der Waals surface area (Å²) in [6.45, 7) is 3.17. The summed E-state index contributed by atoms with van der Waals surface area (Å²) in [5.74, 6) is 2.21. The summed E-state index contributed by atoms with van der Waals surface area (Å²) < 4.78 is 0. The van der Waals surface area contributed by atoms with Gasteiger partial charge in [-0.3, -0.25) is 4.79 Å². The van der Waals surface area contributed by atoms with E-state index in [9.17, 15) is 9.59 Å². The number of hydrogen-bond donors (Lipinski definition) is 1. The van der Waals surface area contributed by atoms with Gasteiger partial charge in [0.15, 0.2) is 0 Å². The van der Waals surface area contributed by atoms with E-state index in [2.05, 4.69) is 11.2 Å². The fraction of sp³-hybridized carbons (Fsp3) is 0.556. The molecule has 3 heteroatoms. The quantitative estimate of drug-likeness (QED) is 0.619. The van der Waals surface area contributed by atoms with Gasteiger partial charge in [0.2, 0.25) is 5.91 Å². The van der Waals surface area contributed by atoms with Gasteiger partial charge in [-0.1, -0.05) is 5.92 Å². The molecule has 0 fully saturated rings. The first-order valence-corrected chi connectivity index (χ1v) is 3.81. The van der Waals surface area contributed by atoms with Crippen molar-refractivity contribution in [1.29, 1.82) is 0 Å². The molecule has 0 aromatic carbocycles. The molecule has 0 saturated heterocycles. The van der Waals surface area contributed by atoms with Gasteiger partial charge in [-0.25, -0.2) is 0 Å². The first-order valence-electron chi connectivity index (χ1n) is 3.81. The van der Waals surface area contributed by atoms with Gasteiger partial charge < -0.3 is 10.1 Å². The molecule has 66 valence electrons. The maximum Gasteiger partial charge on any atom is 0.221 e. The fourth-order valence-electron chi connectivity index (χ4n) is 0.645. The second-order valence-electron chi connectivity index (χ2n) is 2.66. The number of hydrogen-bond acceptors (Lipinski definition) is 2. The lowest BCUT2D eigenvalue weighted by Crippen LogP contribution is -2.31. The van der Waals surface area contributed by atoms with Crippen LogP contribution in [0, 0.1) is 12.3 Å². The molecule has 1 N–H and O–H groups in total. The summed E-state index contributed by atoms with van der Waals surface area (Å²) in [5.41, 5.74) is 0. The van der Waals surface area contributed by atoms with Crippen LogP contribution in [0.4, 0.5) is 0 Å². The third-order valence-corrected chi connectivity index (χ3v) is 1.33. The minimum absolute atomic E-state index is 0.0125. The number of carbonyl (C=O) groups is 2. The highest BCUT2D eigenvalue weighted by Gasteiger charge is 2.05. The van der Waals surface area contributed by atoms with Crippen molar-refractivity contribution >= 4 is 11.7 Å². The monoisotopic (exact) mass is 167 g/mol. The van der Waals surface area contributed by atoms with E-state index in [0.29, 0.717) is 0 Å². The SMILES string of the molecule is C#CC(C)NC(=O)CCC(C)=O. The highest BCUT2D eigenvalue weighted by atomic mass is 16.2. The van der Waals surface area contributed by atoms with E-state index in [1.54, 1.807) is 6.92 Å². The van der Waals surface area contributed by atoms with E-state index >= 15 is 0 Å². The van der Waals surface area contributed by atoms with Gasteiger partial charge in [0.1, 0.15) is 5.78 Å². The van der Waals surface area contributed by atoms with Crippen LogP contribution in [0.3, 0.4) is 0 Å². The van der Waals surface area contributed by atoms with Gasteiger partial charge in [0.05, 0.1) is 6.04 Å². The summed E-state index contributed by atoms with van der Waals surface area (Å²) in [4.78, 5) is 21.4. The fourth-order valence-corrected chi connectivity index (χ4v) is 0.645. The first kappa shape index (κ1) is 10.7. The second kappa shape index (κ2) is 5.36. The van der Waals surface area contributed by atoms with Crippen molar-refractivity contribution in [1.82, 2.24) is 5.32 Å². The minimum atomic E-state index is -0.260. The highest BCUT2D eigenvalue weighted by Crippen LogP contribution is 1.90. The average molecular weight is 167 g/mol. The maximum atomic E-state index is 11.0. The van der Waals surface area contributed by atoms with E-state index < -0.39 is 0 Å². The minimum Gasteiger partial charge on any atom is -0.343 e. The van der Waals surface area contributed by atoms with Crippen LogP contribution >= 0.6 is 0 Å². The molecule has 1 unspecified atom stereocenters. The number of nitrogens with one attached hydrogen (secondary N) is 1. The number of carbonyl (C=O) groups excluding carboxylic acids is 2.